The van der Waals surface area contributed by atoms with Crippen molar-refractivity contribution < 1.29 is 65.1 Å². The summed E-state index contributed by atoms with van der Waals surface area (Å²) in [7, 11) is -2.85. The molecule has 38 heavy (non-hydrogen) atoms. The molecule has 210 valence electrons. The van der Waals surface area contributed by atoms with Crippen LogP contribution in [0.4, 0.5) is 5.69 Å². The number of rotatable bonds is 10. The van der Waals surface area contributed by atoms with E-state index in [2.05, 4.69) is 8.92 Å². The van der Waals surface area contributed by atoms with Crippen molar-refractivity contribution in [1.29, 1.82) is 0 Å². The third-order valence-corrected chi connectivity index (χ3v) is 5.28. The largest absolute Gasteiger partial charge is 0.467 e. The first-order valence-electron chi connectivity index (χ1n) is 10.7. The van der Waals surface area contributed by atoms with Crippen molar-refractivity contribution in [3.63, 3.8) is 0 Å². The maximum atomic E-state index is 12.5. The third kappa shape index (κ3) is 8.35. The number of carbonyl (C=O) groups excluding carboxylic acids is 4. The molecule has 0 saturated carbocycles. The number of hydrogen-bond donors (Lipinski definition) is 0. The number of carbonyl (C=O) groups is 4. The molecule has 1 aliphatic heterocycles. The lowest BCUT2D eigenvalue weighted by Crippen LogP contribution is -2.64. The van der Waals surface area contributed by atoms with Gasteiger partial charge in [-0.2, -0.15) is 8.42 Å². The minimum atomic E-state index is -3.84. The molecule has 1 aliphatic rings. The van der Waals surface area contributed by atoms with Crippen molar-refractivity contribution in [2.75, 3.05) is 13.4 Å². The Morgan fingerprint density at radius 3 is 2.03 bits per heavy atom. The summed E-state index contributed by atoms with van der Waals surface area (Å²) < 4.78 is 58.5. The Bertz CT molecular complexity index is 1200. The van der Waals surface area contributed by atoms with Gasteiger partial charge in [0.1, 0.15) is 0 Å². The van der Waals surface area contributed by atoms with Crippen molar-refractivity contribution in [2.45, 2.75) is 58.1 Å². The molecule has 0 unspecified atom stereocenters. The first kappa shape index (κ1) is 30.4. The number of esters is 4. The van der Waals surface area contributed by atoms with Gasteiger partial charge in [0.2, 0.25) is 12.4 Å². The van der Waals surface area contributed by atoms with Gasteiger partial charge in [0.15, 0.2) is 24.1 Å². The number of methoxy groups -OCH3 is 1. The second kappa shape index (κ2) is 12.6. The molecule has 16 nitrogen and oxygen atoms in total. The van der Waals surface area contributed by atoms with E-state index >= 15 is 0 Å². The van der Waals surface area contributed by atoms with Gasteiger partial charge in [-0.25, -0.2) is 4.79 Å². The van der Waals surface area contributed by atoms with Gasteiger partial charge in [-0.15, -0.1) is 0 Å². The second-order valence-corrected chi connectivity index (χ2v) is 9.46. The van der Waals surface area contributed by atoms with Crippen molar-refractivity contribution in [3.8, 4) is 5.75 Å². The molecule has 17 heteroatoms. The summed E-state index contributed by atoms with van der Waals surface area (Å²) >= 11 is 0. The van der Waals surface area contributed by atoms with E-state index in [0.717, 1.165) is 46.3 Å². The van der Waals surface area contributed by atoms with Crippen LogP contribution in [0.1, 0.15) is 26.3 Å². The Labute approximate surface area is 216 Å². The number of nitro groups is 1. The fourth-order valence-electron chi connectivity index (χ4n) is 3.37. The molecule has 1 heterocycles. The predicted molar refractivity (Wildman–Crippen MR) is 121 cm³/mol. The molecular formula is C21H25NO15S. The van der Waals surface area contributed by atoms with Gasteiger partial charge in [-0.1, -0.05) is 6.07 Å². The molecule has 2 rings (SSSR count). The Balaban J connectivity index is 2.55. The highest BCUT2D eigenvalue weighted by molar-refractivity contribution is 7.85. The highest BCUT2D eigenvalue weighted by Crippen LogP contribution is 2.35. The summed E-state index contributed by atoms with van der Waals surface area (Å²) in [6.45, 7) is 2.48. The van der Waals surface area contributed by atoms with Crippen LogP contribution < -0.4 is 4.74 Å². The van der Waals surface area contributed by atoms with Crippen LogP contribution in [0.5, 0.6) is 5.75 Å². The monoisotopic (exact) mass is 563 g/mol. The van der Waals surface area contributed by atoms with Crippen molar-refractivity contribution in [2.24, 2.45) is 0 Å². The number of benzene rings is 1. The second-order valence-electron chi connectivity index (χ2n) is 7.81. The molecule has 0 aromatic heterocycles. The molecule has 5 atom stereocenters. The zero-order valence-corrected chi connectivity index (χ0v) is 21.6. The van der Waals surface area contributed by atoms with Crippen LogP contribution in [-0.4, -0.2) is 81.3 Å². The molecule has 1 aromatic carbocycles. The van der Waals surface area contributed by atoms with E-state index in [4.69, 9.17) is 23.7 Å². The molecule has 0 N–H and O–H groups in total. The van der Waals surface area contributed by atoms with Crippen LogP contribution in [0.2, 0.25) is 0 Å². The highest BCUT2D eigenvalue weighted by Gasteiger charge is 2.56. The van der Waals surface area contributed by atoms with Gasteiger partial charge in [0.05, 0.1) is 24.9 Å². The summed E-state index contributed by atoms with van der Waals surface area (Å²) in [5, 5.41) is 11.7. The fourth-order valence-corrected chi connectivity index (χ4v) is 3.72. The van der Waals surface area contributed by atoms with E-state index in [0.29, 0.717) is 0 Å². The van der Waals surface area contributed by atoms with Crippen molar-refractivity contribution in [1.82, 2.24) is 0 Å². The lowest BCUT2D eigenvalue weighted by atomic mass is 9.97. The number of nitrogens with zero attached hydrogens (tertiary/aromatic N) is 1. The van der Waals surface area contributed by atoms with Gasteiger partial charge in [0.25, 0.3) is 10.1 Å². The van der Waals surface area contributed by atoms with Gasteiger partial charge in [-0.05, 0) is 11.6 Å². The van der Waals surface area contributed by atoms with Crippen LogP contribution in [-0.2, 0) is 63.8 Å². The van der Waals surface area contributed by atoms with Crippen molar-refractivity contribution in [3.05, 3.63) is 33.9 Å². The maximum Gasteiger partial charge on any atom is 0.339 e. The van der Waals surface area contributed by atoms with Gasteiger partial charge >= 0.3 is 29.6 Å². The zero-order valence-electron chi connectivity index (χ0n) is 20.8. The highest BCUT2D eigenvalue weighted by atomic mass is 32.2. The normalized spacial score (nSPS) is 23.0. The molecule has 0 spiro atoms. The number of nitro benzene ring substituents is 1. The van der Waals surface area contributed by atoms with E-state index in [-0.39, 0.29) is 5.56 Å². The summed E-state index contributed by atoms with van der Waals surface area (Å²) in [5.41, 5.74) is -0.582. The van der Waals surface area contributed by atoms with Crippen LogP contribution in [0.15, 0.2) is 18.2 Å². The minimum Gasteiger partial charge on any atom is -0.467 e. The molecular weight excluding hydrogens is 538 g/mol. The van der Waals surface area contributed by atoms with Gasteiger partial charge < -0.3 is 28.4 Å². The SMILES string of the molecule is COC(=O)[C@H]1O[C@@H](Oc2ccc(COS(C)(=O)=O)cc2[N+](=O)[O-])[C@H](OC(C)=O)[C@@H](OC(C)=O)[C@@H]1OC(C)=O. The van der Waals surface area contributed by atoms with E-state index in [9.17, 15) is 37.7 Å². The van der Waals surface area contributed by atoms with Crippen LogP contribution in [0.25, 0.3) is 0 Å². The van der Waals surface area contributed by atoms with Crippen LogP contribution in [0, 0.1) is 10.1 Å². The Kier molecular flexibility index (Phi) is 10.1. The molecule has 0 aliphatic carbocycles. The van der Waals surface area contributed by atoms with Crippen LogP contribution in [0.3, 0.4) is 0 Å². The van der Waals surface area contributed by atoms with E-state index in [1.54, 1.807) is 0 Å². The summed E-state index contributed by atoms with van der Waals surface area (Å²) in [6, 6.07) is 3.30. The lowest BCUT2D eigenvalue weighted by molar-refractivity contribution is -0.387. The Morgan fingerprint density at radius 2 is 1.53 bits per heavy atom. The zero-order chi connectivity index (χ0) is 28.8. The standard InChI is InChI=1S/C21H25NO15S/c1-10(23)33-16-17(34-11(2)24)19(35-12(3)25)21(37-18(16)20(26)31-4)36-15-7-6-13(8-14(15)22(27)28)9-32-38(5,29)30/h6-8,16-19,21H,9H2,1-5H3/t16-,17-,18-,19+,21+/m0/s1. The van der Waals surface area contributed by atoms with Gasteiger partial charge in [0, 0.05) is 26.8 Å². The summed E-state index contributed by atoms with van der Waals surface area (Å²) in [6.07, 6.45) is -7.80. The quantitative estimate of drug-likeness (QED) is 0.122. The predicted octanol–water partition coefficient (Wildman–Crippen LogP) is 0.143. The van der Waals surface area contributed by atoms with E-state index < -0.39 is 87.7 Å². The summed E-state index contributed by atoms with van der Waals surface area (Å²) in [4.78, 5) is 58.8. The minimum absolute atomic E-state index is 0.0933. The fraction of sp³-hybridized carbons (Fsp3) is 0.524. The molecule has 0 amide bonds. The first-order valence-corrected chi connectivity index (χ1v) is 12.5. The molecule has 1 fully saturated rings. The molecule has 0 bridgehead atoms. The Hall–Kier alpha value is -3.83. The van der Waals surface area contributed by atoms with E-state index in [1.807, 2.05) is 0 Å². The third-order valence-electron chi connectivity index (χ3n) is 4.74. The lowest BCUT2D eigenvalue weighted by Gasteiger charge is -2.42. The maximum absolute atomic E-state index is 12.5. The topological polar surface area (TPSA) is 210 Å². The average molecular weight is 563 g/mol. The van der Waals surface area contributed by atoms with E-state index in [1.165, 1.54) is 6.07 Å². The Morgan fingerprint density at radius 1 is 0.974 bits per heavy atom. The molecule has 0 radical (unpaired) electrons. The molecule has 1 aromatic rings. The number of ether oxygens (including phenoxy) is 6. The molecule has 1 saturated heterocycles. The van der Waals surface area contributed by atoms with Crippen LogP contribution >= 0.6 is 0 Å². The average Bonchev–Trinajstić information content (AvgIpc) is 2.79. The van der Waals surface area contributed by atoms with Crippen molar-refractivity contribution >= 4 is 39.7 Å². The van der Waals surface area contributed by atoms with Gasteiger partial charge in [-0.3, -0.25) is 28.7 Å². The number of hydrogen-bond acceptors (Lipinski definition) is 15. The first-order chi connectivity index (χ1) is 17.6. The smallest absolute Gasteiger partial charge is 0.339 e. The summed E-state index contributed by atoms with van der Waals surface area (Å²) in [5.74, 6) is -4.31.